The van der Waals surface area contributed by atoms with Crippen molar-refractivity contribution >= 4 is 28.4 Å². The predicted molar refractivity (Wildman–Crippen MR) is 87.2 cm³/mol. The van der Waals surface area contributed by atoms with Gasteiger partial charge in [0.2, 0.25) is 0 Å². The Morgan fingerprint density at radius 1 is 1.14 bits per heavy atom. The van der Waals surface area contributed by atoms with Crippen LogP contribution in [-0.4, -0.2) is 11.9 Å². The second-order valence-electron chi connectivity index (χ2n) is 6.07. The number of hydrogen-bond acceptors (Lipinski definition) is 2. The van der Waals surface area contributed by atoms with E-state index >= 15 is 0 Å². The first kappa shape index (κ1) is 12.5. The van der Waals surface area contributed by atoms with Crippen LogP contribution in [0.1, 0.15) is 19.3 Å². The zero-order valence-electron chi connectivity index (χ0n) is 11.9. The highest BCUT2D eigenvalue weighted by molar-refractivity contribution is 5.87. The minimum absolute atomic E-state index is 0.197. The van der Waals surface area contributed by atoms with E-state index in [4.69, 9.17) is 11.1 Å². The Kier molecular flexibility index (Phi) is 2.74. The van der Waals surface area contributed by atoms with Crippen LogP contribution in [0.15, 0.2) is 36.4 Å². The van der Waals surface area contributed by atoms with E-state index in [0.29, 0.717) is 11.9 Å². The summed E-state index contributed by atoms with van der Waals surface area (Å²) in [6.07, 6.45) is 5.11. The van der Waals surface area contributed by atoms with Crippen molar-refractivity contribution in [1.29, 1.82) is 5.41 Å². The van der Waals surface area contributed by atoms with E-state index < -0.39 is 0 Å². The van der Waals surface area contributed by atoms with Gasteiger partial charge in [-0.2, -0.15) is 0 Å². The standard InChI is InChI=1S/C18H19N3/c19-18(20)12-7-8-16-15(9-12)17-13(10-21-16)6-5-11-3-1-2-4-14(11)17/h1-6,10,12,16,21H,7-9H2,(H3,19,20). The summed E-state index contributed by atoms with van der Waals surface area (Å²) < 4.78 is 0. The fraction of sp³-hybridized carbons (Fsp3) is 0.278. The lowest BCUT2D eigenvalue weighted by molar-refractivity contribution is 0.486. The van der Waals surface area contributed by atoms with Crippen molar-refractivity contribution in [1.82, 2.24) is 5.32 Å². The Hall–Kier alpha value is -2.29. The largest absolute Gasteiger partial charge is 0.387 e. The first-order valence-corrected chi connectivity index (χ1v) is 7.55. The average molecular weight is 277 g/mol. The van der Waals surface area contributed by atoms with Crippen molar-refractivity contribution in [3.05, 3.63) is 46.8 Å². The Balaban J connectivity index is 2.04. The van der Waals surface area contributed by atoms with Gasteiger partial charge < -0.3 is 11.1 Å². The van der Waals surface area contributed by atoms with E-state index in [1.54, 1.807) is 0 Å². The topological polar surface area (TPSA) is 61.9 Å². The summed E-state index contributed by atoms with van der Waals surface area (Å²) in [5, 5.41) is 16.5. The second-order valence-corrected chi connectivity index (χ2v) is 6.07. The molecule has 2 aliphatic rings. The highest BCUT2D eigenvalue weighted by Gasteiger charge is 2.28. The zero-order valence-corrected chi connectivity index (χ0v) is 11.9. The summed E-state index contributed by atoms with van der Waals surface area (Å²) in [4.78, 5) is 0. The van der Waals surface area contributed by atoms with E-state index in [1.807, 2.05) is 0 Å². The fourth-order valence-corrected chi connectivity index (χ4v) is 3.73. The summed E-state index contributed by atoms with van der Waals surface area (Å²) in [5.74, 6) is 0.528. The minimum atomic E-state index is 0.197. The molecule has 1 heterocycles. The van der Waals surface area contributed by atoms with E-state index in [0.717, 1.165) is 19.3 Å². The molecule has 1 saturated carbocycles. The molecule has 1 fully saturated rings. The lowest BCUT2D eigenvalue weighted by Gasteiger charge is -2.33. The summed E-state index contributed by atoms with van der Waals surface area (Å²) in [5.41, 5.74) is 7.19. The quantitative estimate of drug-likeness (QED) is 0.545. The van der Waals surface area contributed by atoms with Gasteiger partial charge in [-0.1, -0.05) is 36.4 Å². The van der Waals surface area contributed by atoms with Gasteiger partial charge in [-0.3, -0.25) is 5.41 Å². The molecule has 1 aliphatic heterocycles. The van der Waals surface area contributed by atoms with Crippen molar-refractivity contribution in [2.45, 2.75) is 25.3 Å². The molecule has 0 spiro atoms. The second kappa shape index (κ2) is 4.62. The maximum absolute atomic E-state index is 7.78. The van der Waals surface area contributed by atoms with Gasteiger partial charge in [0.15, 0.2) is 0 Å². The van der Waals surface area contributed by atoms with E-state index in [2.05, 4.69) is 47.9 Å². The molecule has 0 aromatic heterocycles. The molecular weight excluding hydrogens is 258 g/mol. The molecule has 2 aromatic carbocycles. The molecule has 4 N–H and O–H groups in total. The van der Waals surface area contributed by atoms with E-state index in [9.17, 15) is 0 Å². The predicted octanol–water partition coefficient (Wildman–Crippen LogP) is 1.44. The van der Waals surface area contributed by atoms with Crippen LogP contribution < -0.4 is 21.5 Å². The monoisotopic (exact) mass is 277 g/mol. The van der Waals surface area contributed by atoms with Crippen molar-refractivity contribution in [3.8, 4) is 0 Å². The molecule has 3 nitrogen and oxygen atoms in total. The van der Waals surface area contributed by atoms with Gasteiger partial charge in [0.05, 0.1) is 5.84 Å². The van der Waals surface area contributed by atoms with Gasteiger partial charge in [-0.05, 0) is 46.0 Å². The fourth-order valence-electron chi connectivity index (χ4n) is 3.73. The first-order valence-electron chi connectivity index (χ1n) is 7.55. The molecule has 2 atom stereocenters. The molecule has 4 rings (SSSR count). The van der Waals surface area contributed by atoms with Gasteiger partial charge in [-0.25, -0.2) is 0 Å². The third kappa shape index (κ3) is 1.92. The molecule has 2 aromatic rings. The number of rotatable bonds is 1. The number of nitrogens with one attached hydrogen (secondary N) is 2. The van der Waals surface area contributed by atoms with Crippen LogP contribution >= 0.6 is 0 Å². The van der Waals surface area contributed by atoms with E-state index in [1.165, 1.54) is 26.8 Å². The van der Waals surface area contributed by atoms with Gasteiger partial charge in [0.25, 0.3) is 0 Å². The van der Waals surface area contributed by atoms with Crippen molar-refractivity contribution < 1.29 is 0 Å². The summed E-state index contributed by atoms with van der Waals surface area (Å²) in [6, 6.07) is 13.3. The van der Waals surface area contributed by atoms with Crippen LogP contribution in [0.25, 0.3) is 22.5 Å². The third-order valence-corrected chi connectivity index (χ3v) is 4.85. The first-order chi connectivity index (χ1) is 10.2. The number of hydrogen-bond donors (Lipinski definition) is 3. The van der Waals surface area contributed by atoms with Gasteiger partial charge in [0, 0.05) is 18.2 Å². The van der Waals surface area contributed by atoms with Crippen LogP contribution in [-0.2, 0) is 0 Å². The van der Waals surface area contributed by atoms with E-state index in [-0.39, 0.29) is 5.92 Å². The molecule has 0 amide bonds. The van der Waals surface area contributed by atoms with Gasteiger partial charge in [0.1, 0.15) is 0 Å². The third-order valence-electron chi connectivity index (χ3n) is 4.85. The molecular formula is C18H19N3. The maximum Gasteiger partial charge on any atom is 0.0940 e. The summed E-state index contributed by atoms with van der Waals surface area (Å²) >= 11 is 0. The average Bonchev–Trinajstić information content (AvgIpc) is 2.53. The van der Waals surface area contributed by atoms with Crippen LogP contribution in [0.2, 0.25) is 0 Å². The Morgan fingerprint density at radius 2 is 2.00 bits per heavy atom. The molecule has 21 heavy (non-hydrogen) atoms. The molecule has 3 heteroatoms. The van der Waals surface area contributed by atoms with Crippen LogP contribution in [0, 0.1) is 11.3 Å². The van der Waals surface area contributed by atoms with Crippen molar-refractivity contribution in [2.24, 2.45) is 11.7 Å². The number of nitrogens with two attached hydrogens (primary N) is 1. The minimum Gasteiger partial charge on any atom is -0.387 e. The summed E-state index contributed by atoms with van der Waals surface area (Å²) in [7, 11) is 0. The molecule has 106 valence electrons. The molecule has 1 aliphatic carbocycles. The molecule has 0 saturated heterocycles. The zero-order chi connectivity index (χ0) is 14.4. The molecule has 2 unspecified atom stereocenters. The number of benzene rings is 2. The SMILES string of the molecule is N=C(N)C1CCC2NC=c3ccc4ccccc4c3=C2C1. The van der Waals surface area contributed by atoms with Crippen molar-refractivity contribution in [3.63, 3.8) is 0 Å². The lowest BCUT2D eigenvalue weighted by atomic mass is 9.79. The summed E-state index contributed by atoms with van der Waals surface area (Å²) in [6.45, 7) is 0. The van der Waals surface area contributed by atoms with Gasteiger partial charge in [-0.15, -0.1) is 0 Å². The van der Waals surface area contributed by atoms with Crippen LogP contribution in [0.5, 0.6) is 0 Å². The normalized spacial score (nSPS) is 23.7. The molecule has 0 radical (unpaired) electrons. The Morgan fingerprint density at radius 3 is 2.86 bits per heavy atom. The van der Waals surface area contributed by atoms with Crippen LogP contribution in [0.4, 0.5) is 0 Å². The lowest BCUT2D eigenvalue weighted by Crippen LogP contribution is -2.46. The highest BCUT2D eigenvalue weighted by Crippen LogP contribution is 2.30. The molecule has 0 bridgehead atoms. The highest BCUT2D eigenvalue weighted by atomic mass is 14.9. The Labute approximate surface area is 123 Å². The number of amidine groups is 1. The van der Waals surface area contributed by atoms with Crippen molar-refractivity contribution in [2.75, 3.05) is 0 Å². The number of fused-ring (bicyclic) bond motifs is 4. The maximum atomic E-state index is 7.78. The van der Waals surface area contributed by atoms with Crippen LogP contribution in [0.3, 0.4) is 0 Å². The smallest absolute Gasteiger partial charge is 0.0940 e. The Bertz CT molecular complexity index is 850. The van der Waals surface area contributed by atoms with Gasteiger partial charge >= 0.3 is 0 Å².